The second kappa shape index (κ2) is 7.34. The number of methoxy groups -OCH3 is 1. The van der Waals surface area contributed by atoms with Crippen molar-refractivity contribution in [2.75, 3.05) is 30.8 Å². The highest BCUT2D eigenvalue weighted by Crippen LogP contribution is 2.27. The standard InChI is InChI=1S/C17H28N2O2/c1-11(2)9-19(10-12(3)4)14-7-13(5)16(18)15(8-14)17(20)21-6/h7-8,11-12H,9-10,18H2,1-6H3. The first-order valence-corrected chi connectivity index (χ1v) is 7.49. The van der Waals surface area contributed by atoms with Gasteiger partial charge in [0.2, 0.25) is 0 Å². The first-order valence-electron chi connectivity index (χ1n) is 7.49. The molecule has 0 heterocycles. The van der Waals surface area contributed by atoms with E-state index in [9.17, 15) is 4.79 Å². The number of nitrogen functional groups attached to an aromatic ring is 1. The van der Waals surface area contributed by atoms with Crippen LogP contribution in [0.5, 0.6) is 0 Å². The molecule has 0 aliphatic rings. The Morgan fingerprint density at radius 3 is 2.14 bits per heavy atom. The molecule has 0 aliphatic heterocycles. The van der Waals surface area contributed by atoms with E-state index in [0.717, 1.165) is 24.3 Å². The second-order valence-electron chi connectivity index (χ2n) is 6.41. The second-order valence-corrected chi connectivity index (χ2v) is 6.41. The molecule has 0 saturated carbocycles. The van der Waals surface area contributed by atoms with E-state index in [0.29, 0.717) is 23.1 Å². The number of esters is 1. The van der Waals surface area contributed by atoms with Crippen molar-refractivity contribution in [3.63, 3.8) is 0 Å². The molecular weight excluding hydrogens is 264 g/mol. The van der Waals surface area contributed by atoms with Crippen molar-refractivity contribution >= 4 is 17.3 Å². The molecule has 0 atom stereocenters. The monoisotopic (exact) mass is 292 g/mol. The average molecular weight is 292 g/mol. The summed E-state index contributed by atoms with van der Waals surface area (Å²) in [5, 5.41) is 0. The van der Waals surface area contributed by atoms with Crippen LogP contribution in [0.15, 0.2) is 12.1 Å². The summed E-state index contributed by atoms with van der Waals surface area (Å²) in [6, 6.07) is 3.89. The van der Waals surface area contributed by atoms with Crippen LogP contribution < -0.4 is 10.6 Å². The Labute approximate surface area is 128 Å². The molecule has 118 valence electrons. The lowest BCUT2D eigenvalue weighted by Gasteiger charge is -2.29. The van der Waals surface area contributed by atoms with Gasteiger partial charge in [-0.15, -0.1) is 0 Å². The molecule has 0 aliphatic carbocycles. The van der Waals surface area contributed by atoms with Crippen molar-refractivity contribution in [3.8, 4) is 0 Å². The fourth-order valence-electron chi connectivity index (χ4n) is 2.41. The van der Waals surface area contributed by atoms with Gasteiger partial charge >= 0.3 is 5.97 Å². The van der Waals surface area contributed by atoms with E-state index in [1.165, 1.54) is 7.11 Å². The Balaban J connectivity index is 3.24. The Hall–Kier alpha value is -1.71. The van der Waals surface area contributed by atoms with Crippen LogP contribution in [0.3, 0.4) is 0 Å². The zero-order chi connectivity index (χ0) is 16.2. The Morgan fingerprint density at radius 1 is 1.19 bits per heavy atom. The van der Waals surface area contributed by atoms with Crippen molar-refractivity contribution < 1.29 is 9.53 Å². The molecule has 0 radical (unpaired) electrons. The summed E-state index contributed by atoms with van der Waals surface area (Å²) in [6.45, 7) is 12.6. The number of rotatable bonds is 6. The minimum Gasteiger partial charge on any atom is -0.465 e. The van der Waals surface area contributed by atoms with Crippen LogP contribution in [0.25, 0.3) is 0 Å². The van der Waals surface area contributed by atoms with Crippen LogP contribution in [-0.2, 0) is 4.74 Å². The predicted molar refractivity (Wildman–Crippen MR) is 88.8 cm³/mol. The lowest BCUT2D eigenvalue weighted by atomic mass is 10.0. The lowest BCUT2D eigenvalue weighted by molar-refractivity contribution is 0.0602. The molecule has 0 unspecified atom stereocenters. The third-order valence-electron chi connectivity index (χ3n) is 3.31. The maximum Gasteiger partial charge on any atom is 0.340 e. The molecule has 1 aromatic carbocycles. The highest BCUT2D eigenvalue weighted by atomic mass is 16.5. The zero-order valence-corrected chi connectivity index (χ0v) is 14.1. The predicted octanol–water partition coefficient (Wildman–Crippen LogP) is 3.48. The lowest BCUT2D eigenvalue weighted by Crippen LogP contribution is -2.31. The Bertz CT molecular complexity index is 486. The summed E-state index contributed by atoms with van der Waals surface area (Å²) in [5.74, 6) is 0.706. The summed E-state index contributed by atoms with van der Waals surface area (Å²) in [5.41, 5.74) is 8.90. The van der Waals surface area contributed by atoms with Crippen LogP contribution in [0.1, 0.15) is 43.6 Å². The maximum atomic E-state index is 11.9. The molecule has 0 bridgehead atoms. The van der Waals surface area contributed by atoms with E-state index in [2.05, 4.69) is 32.6 Å². The van der Waals surface area contributed by atoms with E-state index in [1.807, 2.05) is 19.1 Å². The van der Waals surface area contributed by atoms with Gasteiger partial charge in [-0.2, -0.15) is 0 Å². The molecule has 0 saturated heterocycles. The van der Waals surface area contributed by atoms with Crippen LogP contribution in [0.4, 0.5) is 11.4 Å². The topological polar surface area (TPSA) is 55.6 Å². The first kappa shape index (κ1) is 17.3. The summed E-state index contributed by atoms with van der Waals surface area (Å²) < 4.78 is 4.83. The number of carbonyl (C=O) groups excluding carboxylic acids is 1. The van der Waals surface area contributed by atoms with Gasteiger partial charge in [0, 0.05) is 24.5 Å². The Kier molecular flexibility index (Phi) is 6.06. The third kappa shape index (κ3) is 4.66. The molecule has 1 aromatic rings. The molecule has 1 rings (SSSR count). The highest BCUT2D eigenvalue weighted by molar-refractivity contribution is 5.97. The SMILES string of the molecule is COC(=O)c1cc(N(CC(C)C)CC(C)C)cc(C)c1N. The molecule has 0 fully saturated rings. The summed E-state index contributed by atoms with van der Waals surface area (Å²) in [7, 11) is 1.38. The van der Waals surface area contributed by atoms with E-state index in [1.54, 1.807) is 0 Å². The van der Waals surface area contributed by atoms with Crippen LogP contribution in [-0.4, -0.2) is 26.2 Å². The van der Waals surface area contributed by atoms with E-state index in [4.69, 9.17) is 10.5 Å². The number of hydrogen-bond donors (Lipinski definition) is 1. The number of nitrogens with two attached hydrogens (primary N) is 1. The summed E-state index contributed by atoms with van der Waals surface area (Å²) >= 11 is 0. The van der Waals surface area contributed by atoms with Crippen molar-refractivity contribution in [1.29, 1.82) is 0 Å². The number of aryl methyl sites for hydroxylation is 1. The van der Waals surface area contributed by atoms with Gasteiger partial charge in [-0.1, -0.05) is 27.7 Å². The van der Waals surface area contributed by atoms with Crippen molar-refractivity contribution in [2.45, 2.75) is 34.6 Å². The van der Waals surface area contributed by atoms with Crippen LogP contribution in [0.2, 0.25) is 0 Å². The van der Waals surface area contributed by atoms with Gasteiger partial charge in [-0.3, -0.25) is 0 Å². The van der Waals surface area contributed by atoms with Gasteiger partial charge in [-0.05, 0) is 36.5 Å². The first-order chi connectivity index (χ1) is 9.76. The van der Waals surface area contributed by atoms with Gasteiger partial charge in [0.05, 0.1) is 12.7 Å². The smallest absolute Gasteiger partial charge is 0.340 e. The van der Waals surface area contributed by atoms with E-state index in [-0.39, 0.29) is 5.97 Å². The third-order valence-corrected chi connectivity index (χ3v) is 3.31. The molecule has 0 spiro atoms. The largest absolute Gasteiger partial charge is 0.465 e. The minimum absolute atomic E-state index is 0.383. The molecule has 2 N–H and O–H groups in total. The molecule has 4 nitrogen and oxygen atoms in total. The van der Waals surface area contributed by atoms with Gasteiger partial charge < -0.3 is 15.4 Å². The number of ether oxygens (including phenoxy) is 1. The average Bonchev–Trinajstić information content (AvgIpc) is 2.39. The molecule has 21 heavy (non-hydrogen) atoms. The number of nitrogens with zero attached hydrogens (tertiary/aromatic N) is 1. The number of anilines is 2. The fraction of sp³-hybridized carbons (Fsp3) is 0.588. The van der Waals surface area contributed by atoms with Crippen molar-refractivity contribution in [2.24, 2.45) is 11.8 Å². The maximum absolute atomic E-state index is 11.9. The van der Waals surface area contributed by atoms with Gasteiger partial charge in [0.15, 0.2) is 0 Å². The van der Waals surface area contributed by atoms with E-state index >= 15 is 0 Å². The minimum atomic E-state index is -0.383. The van der Waals surface area contributed by atoms with E-state index < -0.39 is 0 Å². The molecule has 0 aromatic heterocycles. The summed E-state index contributed by atoms with van der Waals surface area (Å²) in [6.07, 6.45) is 0. The normalized spacial score (nSPS) is 11.0. The quantitative estimate of drug-likeness (QED) is 0.644. The molecular formula is C17H28N2O2. The summed E-state index contributed by atoms with van der Waals surface area (Å²) in [4.78, 5) is 14.2. The van der Waals surface area contributed by atoms with Crippen molar-refractivity contribution in [1.82, 2.24) is 0 Å². The fourth-order valence-corrected chi connectivity index (χ4v) is 2.41. The number of benzene rings is 1. The van der Waals surface area contributed by atoms with Gasteiger partial charge in [0.25, 0.3) is 0 Å². The molecule has 4 heteroatoms. The highest BCUT2D eigenvalue weighted by Gasteiger charge is 2.17. The molecule has 0 amide bonds. The van der Waals surface area contributed by atoms with Gasteiger partial charge in [0.1, 0.15) is 0 Å². The number of carbonyl (C=O) groups is 1. The van der Waals surface area contributed by atoms with Gasteiger partial charge in [-0.25, -0.2) is 4.79 Å². The van der Waals surface area contributed by atoms with Crippen LogP contribution in [0, 0.1) is 18.8 Å². The zero-order valence-electron chi connectivity index (χ0n) is 14.1. The Morgan fingerprint density at radius 2 is 1.71 bits per heavy atom. The van der Waals surface area contributed by atoms with Crippen molar-refractivity contribution in [3.05, 3.63) is 23.3 Å². The number of hydrogen-bond acceptors (Lipinski definition) is 4. The van der Waals surface area contributed by atoms with Crippen LogP contribution >= 0.6 is 0 Å².